The molecule has 0 aliphatic heterocycles. The molecule has 0 aromatic heterocycles. The minimum Gasteiger partial charge on any atom is -0.316 e. The van der Waals surface area contributed by atoms with E-state index in [-0.39, 0.29) is 6.04 Å². The lowest BCUT2D eigenvalue weighted by atomic mass is 10.1. The number of rotatable bonds is 7. The standard InChI is InChI=1S/C15H25BrN2O2S/c1-6-12(4)18(7-2)21(19,20)14-9-13(10-17-5)8-11(3)15(14)16/h8-9,12,17H,6-7,10H2,1-5H3. The van der Waals surface area contributed by atoms with Gasteiger partial charge >= 0.3 is 0 Å². The molecular formula is C15H25BrN2O2S. The van der Waals surface area contributed by atoms with Crippen LogP contribution >= 0.6 is 15.9 Å². The van der Waals surface area contributed by atoms with Crippen LogP contribution < -0.4 is 5.32 Å². The van der Waals surface area contributed by atoms with E-state index in [1.54, 1.807) is 10.4 Å². The van der Waals surface area contributed by atoms with E-state index in [2.05, 4.69) is 21.2 Å². The van der Waals surface area contributed by atoms with Gasteiger partial charge in [0.05, 0.1) is 4.90 Å². The molecule has 1 atom stereocenters. The summed E-state index contributed by atoms with van der Waals surface area (Å²) in [7, 11) is -1.65. The van der Waals surface area contributed by atoms with Gasteiger partial charge in [-0.05, 0) is 60.4 Å². The van der Waals surface area contributed by atoms with Crippen molar-refractivity contribution in [3.63, 3.8) is 0 Å². The van der Waals surface area contributed by atoms with E-state index in [0.717, 1.165) is 17.5 Å². The molecule has 0 aliphatic rings. The normalized spacial score (nSPS) is 13.7. The van der Waals surface area contributed by atoms with Crippen molar-refractivity contribution in [2.75, 3.05) is 13.6 Å². The number of benzene rings is 1. The molecular weight excluding hydrogens is 352 g/mol. The van der Waals surface area contributed by atoms with Gasteiger partial charge in [0, 0.05) is 23.6 Å². The van der Waals surface area contributed by atoms with Crippen LogP contribution in [0.3, 0.4) is 0 Å². The summed E-state index contributed by atoms with van der Waals surface area (Å²) in [4.78, 5) is 0.356. The minimum absolute atomic E-state index is 0.0137. The molecule has 21 heavy (non-hydrogen) atoms. The molecule has 0 spiro atoms. The number of hydrogen-bond donors (Lipinski definition) is 1. The van der Waals surface area contributed by atoms with E-state index in [1.807, 2.05) is 40.8 Å². The average Bonchev–Trinajstić information content (AvgIpc) is 2.42. The first kappa shape index (κ1) is 18.6. The molecule has 1 rings (SSSR count). The lowest BCUT2D eigenvalue weighted by Crippen LogP contribution is -2.38. The zero-order valence-corrected chi connectivity index (χ0v) is 15.8. The van der Waals surface area contributed by atoms with E-state index >= 15 is 0 Å². The van der Waals surface area contributed by atoms with Crippen LogP contribution in [-0.2, 0) is 16.6 Å². The summed E-state index contributed by atoms with van der Waals surface area (Å²) < 4.78 is 28.2. The maximum absolute atomic E-state index is 13.0. The maximum Gasteiger partial charge on any atom is 0.244 e. The summed E-state index contributed by atoms with van der Waals surface area (Å²) in [6.45, 7) is 8.86. The van der Waals surface area contributed by atoms with E-state index in [4.69, 9.17) is 0 Å². The first-order valence-electron chi connectivity index (χ1n) is 7.25. The third-order valence-electron chi connectivity index (χ3n) is 3.64. The third kappa shape index (κ3) is 4.06. The van der Waals surface area contributed by atoms with Gasteiger partial charge in [0.15, 0.2) is 0 Å². The van der Waals surface area contributed by atoms with Gasteiger partial charge in [0.1, 0.15) is 0 Å². The second-order valence-electron chi connectivity index (χ2n) is 5.22. The number of hydrogen-bond acceptors (Lipinski definition) is 3. The Balaban J connectivity index is 3.42. The predicted molar refractivity (Wildman–Crippen MR) is 91.0 cm³/mol. The van der Waals surface area contributed by atoms with Crippen LogP contribution in [0.4, 0.5) is 0 Å². The molecule has 0 saturated carbocycles. The lowest BCUT2D eigenvalue weighted by molar-refractivity contribution is 0.342. The Morgan fingerprint density at radius 2 is 1.95 bits per heavy atom. The third-order valence-corrected chi connectivity index (χ3v) is 7.07. The summed E-state index contributed by atoms with van der Waals surface area (Å²) in [5.41, 5.74) is 1.90. The monoisotopic (exact) mass is 376 g/mol. The Hall–Kier alpha value is -0.430. The van der Waals surface area contributed by atoms with Crippen LogP contribution in [0.1, 0.15) is 38.3 Å². The molecule has 1 aromatic rings. The summed E-state index contributed by atoms with van der Waals surface area (Å²) in [6, 6.07) is 3.74. The van der Waals surface area contributed by atoms with Crippen molar-refractivity contribution in [3.8, 4) is 0 Å². The molecule has 1 N–H and O–H groups in total. The van der Waals surface area contributed by atoms with Gasteiger partial charge in [-0.25, -0.2) is 8.42 Å². The van der Waals surface area contributed by atoms with Crippen molar-refractivity contribution >= 4 is 26.0 Å². The minimum atomic E-state index is -3.50. The van der Waals surface area contributed by atoms with Crippen molar-refractivity contribution < 1.29 is 8.42 Å². The predicted octanol–water partition coefficient (Wildman–Crippen LogP) is 3.29. The van der Waals surface area contributed by atoms with E-state index in [0.29, 0.717) is 22.5 Å². The van der Waals surface area contributed by atoms with Crippen molar-refractivity contribution in [2.45, 2.75) is 51.6 Å². The van der Waals surface area contributed by atoms with E-state index < -0.39 is 10.0 Å². The van der Waals surface area contributed by atoms with Crippen molar-refractivity contribution in [1.29, 1.82) is 0 Å². The smallest absolute Gasteiger partial charge is 0.244 e. The van der Waals surface area contributed by atoms with Gasteiger partial charge in [-0.3, -0.25) is 0 Å². The Labute approximate surface area is 137 Å². The Morgan fingerprint density at radius 1 is 1.33 bits per heavy atom. The van der Waals surface area contributed by atoms with E-state index in [1.165, 1.54) is 0 Å². The van der Waals surface area contributed by atoms with Crippen molar-refractivity contribution in [2.24, 2.45) is 0 Å². The fraction of sp³-hybridized carbons (Fsp3) is 0.600. The Morgan fingerprint density at radius 3 is 2.43 bits per heavy atom. The van der Waals surface area contributed by atoms with Crippen LogP contribution in [0.5, 0.6) is 0 Å². The lowest BCUT2D eigenvalue weighted by Gasteiger charge is -2.27. The SMILES string of the molecule is CCC(C)N(CC)S(=O)(=O)c1cc(CNC)cc(C)c1Br. The van der Waals surface area contributed by atoms with Crippen LogP contribution in [0.2, 0.25) is 0 Å². The van der Waals surface area contributed by atoms with Crippen LogP contribution in [0.25, 0.3) is 0 Å². The molecule has 0 heterocycles. The molecule has 0 amide bonds. The number of halogens is 1. The summed E-state index contributed by atoms with van der Waals surface area (Å²) in [5.74, 6) is 0. The van der Waals surface area contributed by atoms with Crippen LogP contribution in [-0.4, -0.2) is 32.4 Å². The highest BCUT2D eigenvalue weighted by Gasteiger charge is 2.29. The largest absolute Gasteiger partial charge is 0.316 e. The highest BCUT2D eigenvalue weighted by atomic mass is 79.9. The molecule has 4 nitrogen and oxygen atoms in total. The van der Waals surface area contributed by atoms with Crippen LogP contribution in [0, 0.1) is 6.92 Å². The Bertz CT molecular complexity index is 588. The number of nitrogens with zero attached hydrogens (tertiary/aromatic N) is 1. The molecule has 1 aromatic carbocycles. The maximum atomic E-state index is 13.0. The highest BCUT2D eigenvalue weighted by Crippen LogP contribution is 2.30. The molecule has 1 unspecified atom stereocenters. The second kappa shape index (κ2) is 7.72. The topological polar surface area (TPSA) is 49.4 Å². The number of nitrogens with one attached hydrogen (secondary N) is 1. The number of aryl methyl sites for hydroxylation is 1. The summed E-state index contributed by atoms with van der Waals surface area (Å²) in [5, 5.41) is 3.06. The quantitative estimate of drug-likeness (QED) is 0.793. The van der Waals surface area contributed by atoms with E-state index in [9.17, 15) is 8.42 Å². The summed E-state index contributed by atoms with van der Waals surface area (Å²) in [6.07, 6.45) is 0.792. The summed E-state index contributed by atoms with van der Waals surface area (Å²) >= 11 is 3.44. The van der Waals surface area contributed by atoms with Crippen molar-refractivity contribution in [3.05, 3.63) is 27.7 Å². The fourth-order valence-corrected chi connectivity index (χ4v) is 5.10. The Kier molecular flexibility index (Phi) is 6.84. The molecule has 0 saturated heterocycles. The van der Waals surface area contributed by atoms with Crippen LogP contribution in [0.15, 0.2) is 21.5 Å². The first-order chi connectivity index (χ1) is 9.79. The molecule has 0 radical (unpaired) electrons. The fourth-order valence-electron chi connectivity index (χ4n) is 2.35. The van der Waals surface area contributed by atoms with Gasteiger partial charge in [0.2, 0.25) is 10.0 Å². The second-order valence-corrected chi connectivity index (χ2v) is 7.87. The van der Waals surface area contributed by atoms with Crippen molar-refractivity contribution in [1.82, 2.24) is 9.62 Å². The zero-order chi connectivity index (χ0) is 16.2. The van der Waals surface area contributed by atoms with Gasteiger partial charge in [-0.2, -0.15) is 4.31 Å². The zero-order valence-electron chi connectivity index (χ0n) is 13.4. The molecule has 0 aliphatic carbocycles. The average molecular weight is 377 g/mol. The molecule has 6 heteroatoms. The van der Waals surface area contributed by atoms with Gasteiger partial charge in [0.25, 0.3) is 0 Å². The molecule has 0 fully saturated rings. The molecule has 0 bridgehead atoms. The molecule has 120 valence electrons. The van der Waals surface area contributed by atoms with Gasteiger partial charge < -0.3 is 5.32 Å². The number of sulfonamides is 1. The van der Waals surface area contributed by atoms with Gasteiger partial charge in [-0.15, -0.1) is 0 Å². The first-order valence-corrected chi connectivity index (χ1v) is 9.48. The van der Waals surface area contributed by atoms with Gasteiger partial charge in [-0.1, -0.05) is 19.9 Å². The highest BCUT2D eigenvalue weighted by molar-refractivity contribution is 9.10.